The van der Waals surface area contributed by atoms with Gasteiger partial charge >= 0.3 is 0 Å². The zero-order chi connectivity index (χ0) is 19.3. The topological polar surface area (TPSA) is 72.6 Å². The molecule has 0 radical (unpaired) electrons. The van der Waals surface area contributed by atoms with Gasteiger partial charge in [-0.3, -0.25) is 19.9 Å². The van der Waals surface area contributed by atoms with Gasteiger partial charge in [-0.25, -0.2) is 0 Å². The summed E-state index contributed by atoms with van der Waals surface area (Å²) in [5.74, 6) is -0.354. The summed E-state index contributed by atoms with van der Waals surface area (Å²) >= 11 is 23.9. The zero-order valence-electron chi connectivity index (χ0n) is 13.1. The number of nitro benzene ring substituents is 1. The van der Waals surface area contributed by atoms with Crippen LogP contribution in [-0.4, -0.2) is 26.8 Å². The van der Waals surface area contributed by atoms with Gasteiger partial charge in [0.1, 0.15) is 6.04 Å². The van der Waals surface area contributed by atoms with E-state index in [9.17, 15) is 14.9 Å². The van der Waals surface area contributed by atoms with Crippen molar-refractivity contribution in [1.82, 2.24) is 0 Å². The minimum absolute atomic E-state index is 0.115. The molecule has 0 bridgehead atoms. The van der Waals surface area contributed by atoms with E-state index in [4.69, 9.17) is 46.4 Å². The number of hydrogen-bond acceptors (Lipinski definition) is 4. The zero-order valence-corrected chi connectivity index (χ0v) is 16.1. The third kappa shape index (κ3) is 5.68. The molecule has 0 aliphatic heterocycles. The monoisotopic (exact) mass is 432 g/mol. The Morgan fingerprint density at radius 2 is 1.77 bits per heavy atom. The highest BCUT2D eigenvalue weighted by Crippen LogP contribution is 2.35. The number of carbonyl (C=O) groups is 1. The number of hydrogen-bond donors (Lipinski definition) is 0. The van der Waals surface area contributed by atoms with Crippen LogP contribution >= 0.6 is 46.4 Å². The first-order valence-corrected chi connectivity index (χ1v) is 8.81. The molecule has 0 spiro atoms. The van der Waals surface area contributed by atoms with Gasteiger partial charge in [0.15, 0.2) is 5.78 Å². The summed E-state index contributed by atoms with van der Waals surface area (Å²) in [6.45, 7) is 0. The van der Waals surface area contributed by atoms with E-state index in [-0.39, 0.29) is 23.5 Å². The minimum Gasteiger partial charge on any atom is -0.294 e. The van der Waals surface area contributed by atoms with Crippen LogP contribution in [0, 0.1) is 10.1 Å². The van der Waals surface area contributed by atoms with E-state index in [0.717, 1.165) is 0 Å². The van der Waals surface area contributed by atoms with Crippen molar-refractivity contribution in [3.63, 3.8) is 0 Å². The quantitative estimate of drug-likeness (QED) is 0.193. The van der Waals surface area contributed by atoms with Crippen LogP contribution in [0.15, 0.2) is 53.5 Å². The molecule has 0 aromatic heterocycles. The lowest BCUT2D eigenvalue weighted by Gasteiger charge is -2.20. The van der Waals surface area contributed by atoms with Gasteiger partial charge in [-0.1, -0.05) is 64.6 Å². The van der Waals surface area contributed by atoms with Crippen molar-refractivity contribution in [2.75, 3.05) is 0 Å². The second-order valence-corrected chi connectivity index (χ2v) is 8.06. The largest absolute Gasteiger partial charge is 0.294 e. The summed E-state index contributed by atoms with van der Waals surface area (Å²) in [6, 6.07) is 11.2. The molecule has 0 N–H and O–H groups in total. The number of nitrogens with zero attached hydrogens (tertiary/aromatic N) is 2. The van der Waals surface area contributed by atoms with Gasteiger partial charge in [-0.15, -0.1) is 0 Å². The lowest BCUT2D eigenvalue weighted by Crippen LogP contribution is -2.27. The molecule has 0 heterocycles. The molecule has 1 atom stereocenters. The van der Waals surface area contributed by atoms with Crippen molar-refractivity contribution < 1.29 is 9.72 Å². The van der Waals surface area contributed by atoms with Crippen molar-refractivity contribution in [3.05, 3.63) is 74.8 Å². The fourth-order valence-electron chi connectivity index (χ4n) is 2.07. The second-order valence-electron chi connectivity index (χ2n) is 5.29. The fraction of sp³-hybridized carbons (Fsp3) is 0.176. The van der Waals surface area contributed by atoms with E-state index < -0.39 is 14.8 Å². The van der Waals surface area contributed by atoms with Crippen molar-refractivity contribution in [2.24, 2.45) is 4.99 Å². The van der Waals surface area contributed by atoms with Crippen LogP contribution in [0.1, 0.15) is 22.3 Å². The highest BCUT2D eigenvalue weighted by Gasteiger charge is 2.34. The molecule has 0 saturated carbocycles. The minimum atomic E-state index is -1.81. The predicted octanol–water partition coefficient (Wildman–Crippen LogP) is 5.68. The summed E-state index contributed by atoms with van der Waals surface area (Å²) in [5, 5.41) is 11.2. The summed E-state index contributed by atoms with van der Waals surface area (Å²) in [4.78, 5) is 26.7. The number of nitro groups is 1. The maximum absolute atomic E-state index is 12.4. The molecule has 2 aromatic rings. The maximum atomic E-state index is 12.4. The van der Waals surface area contributed by atoms with Gasteiger partial charge in [-0.2, -0.15) is 0 Å². The van der Waals surface area contributed by atoms with Crippen molar-refractivity contribution >= 4 is 64.1 Å². The summed E-state index contributed by atoms with van der Waals surface area (Å²) in [6.07, 6.45) is 1.26. The number of Topliss-reactive ketones (excluding diaryl/α,β-unsaturated/α-hetero) is 1. The Hall–Kier alpha value is -1.66. The Kier molecular flexibility index (Phi) is 7.01. The molecule has 26 heavy (non-hydrogen) atoms. The lowest BCUT2D eigenvalue weighted by atomic mass is 10.0. The summed E-state index contributed by atoms with van der Waals surface area (Å²) < 4.78 is -1.81. The normalized spacial score (nSPS) is 12.9. The first kappa shape index (κ1) is 20.6. The smallest absolute Gasteiger partial charge is 0.269 e. The number of non-ortho nitro benzene ring substituents is 1. The van der Waals surface area contributed by atoms with Crippen LogP contribution < -0.4 is 0 Å². The van der Waals surface area contributed by atoms with E-state index in [1.807, 2.05) is 0 Å². The molecule has 2 rings (SSSR count). The van der Waals surface area contributed by atoms with Gasteiger partial charge < -0.3 is 0 Å². The van der Waals surface area contributed by atoms with E-state index in [1.54, 1.807) is 24.3 Å². The van der Waals surface area contributed by atoms with Gasteiger partial charge in [0.25, 0.3) is 5.69 Å². The first-order chi connectivity index (χ1) is 12.2. The number of alkyl halides is 3. The van der Waals surface area contributed by atoms with Crippen LogP contribution in [0.5, 0.6) is 0 Å². The Labute approximate surface area is 169 Å². The Morgan fingerprint density at radius 3 is 2.31 bits per heavy atom. The molecule has 0 unspecified atom stereocenters. The van der Waals surface area contributed by atoms with Crippen molar-refractivity contribution in [3.8, 4) is 0 Å². The van der Waals surface area contributed by atoms with Crippen LogP contribution in [0.4, 0.5) is 5.69 Å². The van der Waals surface area contributed by atoms with Gasteiger partial charge in [-0.05, 0) is 18.2 Å². The molecule has 0 aliphatic rings. The molecule has 9 heteroatoms. The van der Waals surface area contributed by atoms with Gasteiger partial charge in [0, 0.05) is 40.9 Å². The van der Waals surface area contributed by atoms with Crippen LogP contribution in [0.2, 0.25) is 5.02 Å². The number of halogens is 4. The number of benzene rings is 2. The van der Waals surface area contributed by atoms with Crippen molar-refractivity contribution in [2.45, 2.75) is 16.3 Å². The van der Waals surface area contributed by atoms with Crippen LogP contribution in [0.25, 0.3) is 0 Å². The highest BCUT2D eigenvalue weighted by molar-refractivity contribution is 6.68. The average Bonchev–Trinajstić information content (AvgIpc) is 2.58. The van der Waals surface area contributed by atoms with E-state index >= 15 is 0 Å². The summed E-state index contributed by atoms with van der Waals surface area (Å²) in [7, 11) is 0. The number of ketones is 1. The lowest BCUT2D eigenvalue weighted by molar-refractivity contribution is -0.384. The molecule has 136 valence electrons. The number of rotatable bonds is 6. The average molecular weight is 434 g/mol. The fourth-order valence-corrected chi connectivity index (χ4v) is 2.65. The third-order valence-corrected chi connectivity index (χ3v) is 4.56. The molecular formula is C17H12Cl4N2O3. The highest BCUT2D eigenvalue weighted by atomic mass is 35.6. The number of aliphatic imine (C=N–C) groups is 1. The Balaban J connectivity index is 2.19. The number of carbonyl (C=O) groups excluding carboxylic acids is 1. The van der Waals surface area contributed by atoms with Gasteiger partial charge in [0.2, 0.25) is 3.79 Å². The molecular weight excluding hydrogens is 422 g/mol. The predicted molar refractivity (Wildman–Crippen MR) is 105 cm³/mol. The summed E-state index contributed by atoms with van der Waals surface area (Å²) in [5.41, 5.74) is 0.773. The maximum Gasteiger partial charge on any atom is 0.269 e. The van der Waals surface area contributed by atoms with E-state index in [0.29, 0.717) is 10.6 Å². The Morgan fingerprint density at radius 1 is 1.15 bits per heavy atom. The first-order valence-electron chi connectivity index (χ1n) is 7.30. The molecule has 5 nitrogen and oxygen atoms in total. The van der Waals surface area contributed by atoms with Crippen LogP contribution in [-0.2, 0) is 0 Å². The van der Waals surface area contributed by atoms with Gasteiger partial charge in [0.05, 0.1) is 4.92 Å². The molecule has 0 amide bonds. The second kappa shape index (κ2) is 8.82. The standard InChI is InChI=1S/C17H12Cl4N2O3/c18-14-4-2-1-3-12(14)10-22-16(17(19,20)21)9-15(24)11-5-7-13(8-6-11)23(25)26/h1-8,10,16H,9H2/t16-/m0/s1. The third-order valence-electron chi connectivity index (χ3n) is 3.46. The molecule has 0 saturated heterocycles. The van der Waals surface area contributed by atoms with Crippen LogP contribution in [0.3, 0.4) is 0 Å². The van der Waals surface area contributed by atoms with E-state index in [1.165, 1.54) is 30.5 Å². The Bertz CT molecular complexity index is 833. The van der Waals surface area contributed by atoms with E-state index in [2.05, 4.69) is 4.99 Å². The molecule has 2 aromatic carbocycles. The molecule has 0 aliphatic carbocycles. The van der Waals surface area contributed by atoms with Crippen molar-refractivity contribution in [1.29, 1.82) is 0 Å². The molecule has 0 fully saturated rings. The SMILES string of the molecule is O=C(C[C@H](N=Cc1ccccc1Cl)C(Cl)(Cl)Cl)c1ccc([N+](=O)[O-])cc1.